The van der Waals surface area contributed by atoms with Crippen LogP contribution < -0.4 is 0 Å². The molecule has 0 aromatic carbocycles. The minimum Gasteiger partial charge on any atom is -0.305 e. The highest BCUT2D eigenvalue weighted by Crippen LogP contribution is 2.11. The van der Waals surface area contributed by atoms with Crippen molar-refractivity contribution >= 4 is 5.71 Å². The first-order chi connectivity index (χ1) is 5.63. The standard InChI is InChI=1S/C11H21N/c1-5-7-8-10(6-2)11(12)9(3)4/h8-9,12H,5-7H2,1-4H3/b10-8-,12-11?. The van der Waals surface area contributed by atoms with Crippen LogP contribution in [-0.2, 0) is 0 Å². The Bertz CT molecular complexity index is 166. The summed E-state index contributed by atoms with van der Waals surface area (Å²) in [4.78, 5) is 0. The molecule has 0 aromatic heterocycles. The molecule has 0 heterocycles. The molecule has 70 valence electrons. The maximum Gasteiger partial charge on any atom is 0.0367 e. The van der Waals surface area contributed by atoms with Crippen LogP contribution in [0.2, 0.25) is 0 Å². The van der Waals surface area contributed by atoms with E-state index in [1.807, 2.05) is 0 Å². The third kappa shape index (κ3) is 3.70. The Morgan fingerprint density at radius 2 is 1.92 bits per heavy atom. The molecule has 0 unspecified atom stereocenters. The Labute approximate surface area is 76.4 Å². The molecule has 0 bridgehead atoms. The van der Waals surface area contributed by atoms with E-state index in [1.165, 1.54) is 12.0 Å². The fourth-order valence-corrected chi connectivity index (χ4v) is 1.13. The summed E-state index contributed by atoms with van der Waals surface area (Å²) in [5.41, 5.74) is 2.04. The molecule has 0 aliphatic heterocycles. The molecule has 0 saturated heterocycles. The van der Waals surface area contributed by atoms with E-state index < -0.39 is 0 Å². The van der Waals surface area contributed by atoms with Gasteiger partial charge in [0, 0.05) is 5.71 Å². The average Bonchev–Trinajstić information content (AvgIpc) is 2.05. The molecular weight excluding hydrogens is 146 g/mol. The lowest BCUT2D eigenvalue weighted by atomic mass is 9.97. The number of unbranched alkanes of at least 4 members (excludes halogenated alkanes) is 1. The summed E-state index contributed by atoms with van der Waals surface area (Å²) < 4.78 is 0. The highest BCUT2D eigenvalue weighted by molar-refractivity contribution is 5.98. The summed E-state index contributed by atoms with van der Waals surface area (Å²) in [7, 11) is 0. The zero-order valence-electron chi connectivity index (χ0n) is 8.78. The Hall–Kier alpha value is -0.590. The van der Waals surface area contributed by atoms with Gasteiger partial charge in [-0.1, -0.05) is 40.2 Å². The Kier molecular flexibility index (Phi) is 5.69. The van der Waals surface area contributed by atoms with Gasteiger partial charge in [-0.05, 0) is 24.3 Å². The summed E-state index contributed by atoms with van der Waals surface area (Å²) >= 11 is 0. The molecular formula is C11H21N. The van der Waals surface area contributed by atoms with E-state index in [-0.39, 0.29) is 0 Å². The minimum atomic E-state index is 0.369. The van der Waals surface area contributed by atoms with Gasteiger partial charge in [-0.2, -0.15) is 0 Å². The fraction of sp³-hybridized carbons (Fsp3) is 0.727. The van der Waals surface area contributed by atoms with Gasteiger partial charge >= 0.3 is 0 Å². The van der Waals surface area contributed by atoms with Crippen LogP contribution in [0.15, 0.2) is 11.6 Å². The monoisotopic (exact) mass is 167 g/mol. The molecule has 0 fully saturated rings. The maximum atomic E-state index is 7.81. The lowest BCUT2D eigenvalue weighted by Gasteiger charge is -2.10. The third-order valence-electron chi connectivity index (χ3n) is 1.98. The highest BCUT2D eigenvalue weighted by atomic mass is 14.4. The first-order valence-electron chi connectivity index (χ1n) is 4.91. The van der Waals surface area contributed by atoms with Crippen LogP contribution in [0.1, 0.15) is 47.0 Å². The molecule has 0 saturated carbocycles. The normalized spacial score (nSPS) is 12.2. The zero-order chi connectivity index (χ0) is 9.56. The lowest BCUT2D eigenvalue weighted by Crippen LogP contribution is -2.08. The van der Waals surface area contributed by atoms with Crippen molar-refractivity contribution < 1.29 is 0 Å². The molecule has 0 radical (unpaired) electrons. The van der Waals surface area contributed by atoms with Crippen LogP contribution in [0.25, 0.3) is 0 Å². The van der Waals surface area contributed by atoms with Gasteiger partial charge in [0.2, 0.25) is 0 Å². The quantitative estimate of drug-likeness (QED) is 0.602. The first kappa shape index (κ1) is 11.4. The number of rotatable bonds is 5. The summed E-state index contributed by atoms with van der Waals surface area (Å²) in [5, 5.41) is 7.81. The maximum absolute atomic E-state index is 7.81. The van der Waals surface area contributed by atoms with E-state index in [9.17, 15) is 0 Å². The van der Waals surface area contributed by atoms with Gasteiger partial charge < -0.3 is 5.41 Å². The van der Waals surface area contributed by atoms with E-state index in [1.54, 1.807) is 0 Å². The predicted molar refractivity (Wildman–Crippen MR) is 55.8 cm³/mol. The third-order valence-corrected chi connectivity index (χ3v) is 1.98. The van der Waals surface area contributed by atoms with Gasteiger partial charge in [0.15, 0.2) is 0 Å². The van der Waals surface area contributed by atoms with Crippen LogP contribution in [-0.4, -0.2) is 5.71 Å². The molecule has 0 aromatic rings. The van der Waals surface area contributed by atoms with E-state index >= 15 is 0 Å². The van der Waals surface area contributed by atoms with Crippen molar-refractivity contribution in [2.45, 2.75) is 47.0 Å². The molecule has 0 atom stereocenters. The van der Waals surface area contributed by atoms with E-state index in [0.717, 1.165) is 18.6 Å². The number of hydrogen-bond acceptors (Lipinski definition) is 1. The Balaban J connectivity index is 4.23. The second kappa shape index (κ2) is 5.99. The molecule has 0 spiro atoms. The van der Waals surface area contributed by atoms with Crippen LogP contribution in [0.4, 0.5) is 0 Å². The van der Waals surface area contributed by atoms with Crippen molar-refractivity contribution in [1.29, 1.82) is 5.41 Å². The van der Waals surface area contributed by atoms with Crippen molar-refractivity contribution in [1.82, 2.24) is 0 Å². The van der Waals surface area contributed by atoms with Crippen molar-refractivity contribution in [3.63, 3.8) is 0 Å². The van der Waals surface area contributed by atoms with E-state index in [0.29, 0.717) is 5.92 Å². The molecule has 12 heavy (non-hydrogen) atoms. The second-order valence-corrected chi connectivity index (χ2v) is 3.44. The lowest BCUT2D eigenvalue weighted by molar-refractivity contribution is 0.860. The fourth-order valence-electron chi connectivity index (χ4n) is 1.13. The van der Waals surface area contributed by atoms with Gasteiger partial charge in [0.1, 0.15) is 0 Å². The second-order valence-electron chi connectivity index (χ2n) is 3.44. The van der Waals surface area contributed by atoms with Crippen LogP contribution in [0.3, 0.4) is 0 Å². The molecule has 0 aliphatic rings. The molecule has 0 aliphatic carbocycles. The Morgan fingerprint density at radius 3 is 2.25 bits per heavy atom. The number of hydrogen-bond donors (Lipinski definition) is 1. The number of nitrogens with one attached hydrogen (secondary N) is 1. The van der Waals surface area contributed by atoms with Crippen molar-refractivity contribution in [2.75, 3.05) is 0 Å². The van der Waals surface area contributed by atoms with Gasteiger partial charge in [0.05, 0.1) is 0 Å². The van der Waals surface area contributed by atoms with Crippen molar-refractivity contribution in [2.24, 2.45) is 5.92 Å². The van der Waals surface area contributed by atoms with Gasteiger partial charge in [-0.15, -0.1) is 0 Å². The van der Waals surface area contributed by atoms with E-state index in [2.05, 4.69) is 33.8 Å². The number of allylic oxidation sites excluding steroid dienone is 2. The summed E-state index contributed by atoms with van der Waals surface area (Å²) in [6, 6.07) is 0. The van der Waals surface area contributed by atoms with Crippen LogP contribution >= 0.6 is 0 Å². The van der Waals surface area contributed by atoms with Crippen molar-refractivity contribution in [3.8, 4) is 0 Å². The molecule has 0 amide bonds. The van der Waals surface area contributed by atoms with Gasteiger partial charge in [0.25, 0.3) is 0 Å². The topological polar surface area (TPSA) is 23.9 Å². The minimum absolute atomic E-state index is 0.369. The summed E-state index contributed by atoms with van der Waals surface area (Å²) in [6.07, 6.45) is 5.49. The Morgan fingerprint density at radius 1 is 1.33 bits per heavy atom. The largest absolute Gasteiger partial charge is 0.305 e. The van der Waals surface area contributed by atoms with Crippen LogP contribution in [0.5, 0.6) is 0 Å². The summed E-state index contributed by atoms with van der Waals surface area (Å²) in [6.45, 7) is 8.46. The SMILES string of the molecule is CCC/C=C(/CC)C(=N)C(C)C. The average molecular weight is 167 g/mol. The predicted octanol–water partition coefficient (Wildman–Crippen LogP) is 3.80. The van der Waals surface area contributed by atoms with Gasteiger partial charge in [-0.25, -0.2) is 0 Å². The highest BCUT2D eigenvalue weighted by Gasteiger charge is 2.06. The molecule has 0 rings (SSSR count). The first-order valence-corrected chi connectivity index (χ1v) is 4.91. The summed E-state index contributed by atoms with van der Waals surface area (Å²) in [5.74, 6) is 0.369. The van der Waals surface area contributed by atoms with Gasteiger partial charge in [-0.3, -0.25) is 0 Å². The molecule has 1 nitrogen and oxygen atoms in total. The smallest absolute Gasteiger partial charge is 0.0367 e. The van der Waals surface area contributed by atoms with Crippen LogP contribution in [0, 0.1) is 11.3 Å². The van der Waals surface area contributed by atoms with Crippen molar-refractivity contribution in [3.05, 3.63) is 11.6 Å². The van der Waals surface area contributed by atoms with E-state index in [4.69, 9.17) is 5.41 Å². The zero-order valence-corrected chi connectivity index (χ0v) is 8.78. The molecule has 1 N–H and O–H groups in total. The molecule has 1 heteroatoms.